The third-order valence-corrected chi connectivity index (χ3v) is 6.14. The predicted octanol–water partition coefficient (Wildman–Crippen LogP) is 5.11. The number of hydrogen-bond acceptors (Lipinski definition) is 5. The Kier molecular flexibility index (Phi) is 10.3. The molecule has 0 aliphatic carbocycles. The number of rotatable bonds is 13. The van der Waals surface area contributed by atoms with Crippen LogP contribution < -0.4 is 15.4 Å². The first-order valence-corrected chi connectivity index (χ1v) is 13.1. The van der Waals surface area contributed by atoms with Crippen LogP contribution >= 0.6 is 0 Å². The quantitative estimate of drug-likeness (QED) is 0.103. The molecule has 4 rings (SSSR count). The van der Waals surface area contributed by atoms with Gasteiger partial charge in [0.25, 0.3) is 0 Å². The normalized spacial score (nSPS) is 12.5. The van der Waals surface area contributed by atoms with Crippen molar-refractivity contribution in [3.05, 3.63) is 108 Å². The van der Waals surface area contributed by atoms with E-state index in [0.29, 0.717) is 47.8 Å². The van der Waals surface area contributed by atoms with Gasteiger partial charge in [-0.1, -0.05) is 42.5 Å². The number of nitrogens with zero attached hydrogens (tertiary/aromatic N) is 1. The van der Waals surface area contributed by atoms with Crippen molar-refractivity contribution in [2.45, 2.75) is 12.6 Å². The molecular formula is C31H31F3N4O3. The summed E-state index contributed by atoms with van der Waals surface area (Å²) in [4.78, 5) is 18.9. The second-order valence-corrected chi connectivity index (χ2v) is 9.15. The van der Waals surface area contributed by atoms with Gasteiger partial charge in [0.1, 0.15) is 6.61 Å². The van der Waals surface area contributed by atoms with Crippen LogP contribution in [0.3, 0.4) is 0 Å². The van der Waals surface area contributed by atoms with Crippen molar-refractivity contribution >= 4 is 28.0 Å². The number of halogens is 3. The summed E-state index contributed by atoms with van der Waals surface area (Å²) >= 11 is 0. The molecule has 214 valence electrons. The summed E-state index contributed by atoms with van der Waals surface area (Å²) in [5, 5.41) is 15.2. The second kappa shape index (κ2) is 14.3. The zero-order valence-electron chi connectivity index (χ0n) is 22.2. The zero-order valence-corrected chi connectivity index (χ0v) is 22.2. The van der Waals surface area contributed by atoms with Gasteiger partial charge in [0, 0.05) is 55.3 Å². The fourth-order valence-electron chi connectivity index (χ4n) is 4.33. The van der Waals surface area contributed by atoms with E-state index in [9.17, 15) is 18.0 Å². The Balaban J connectivity index is 1.53. The van der Waals surface area contributed by atoms with Crippen molar-refractivity contribution in [3.63, 3.8) is 0 Å². The summed E-state index contributed by atoms with van der Waals surface area (Å²) in [5.74, 6) is 0.0560. The fraction of sp³-hybridized carbons (Fsp3) is 0.226. The van der Waals surface area contributed by atoms with E-state index < -0.39 is 12.6 Å². The summed E-state index contributed by atoms with van der Waals surface area (Å²) in [6.45, 7) is 1.31. The van der Waals surface area contributed by atoms with Crippen molar-refractivity contribution in [3.8, 4) is 5.88 Å². The molecule has 0 unspecified atom stereocenters. The summed E-state index contributed by atoms with van der Waals surface area (Å²) < 4.78 is 47.3. The van der Waals surface area contributed by atoms with Gasteiger partial charge in [0.05, 0.1) is 13.0 Å². The molecule has 1 amide bonds. The lowest BCUT2D eigenvalue weighted by Gasteiger charge is -2.19. The number of pyridine rings is 1. The molecule has 0 bridgehead atoms. The van der Waals surface area contributed by atoms with Gasteiger partial charge >= 0.3 is 6.18 Å². The number of carbonyl (C=O) groups is 1. The van der Waals surface area contributed by atoms with Crippen LogP contribution in [-0.4, -0.2) is 60.0 Å². The third kappa shape index (κ3) is 8.79. The highest BCUT2D eigenvalue weighted by Crippen LogP contribution is 2.40. The number of amides is 1. The van der Waals surface area contributed by atoms with Crippen LogP contribution in [0.15, 0.2) is 91.3 Å². The fourth-order valence-corrected chi connectivity index (χ4v) is 4.33. The molecule has 0 aliphatic rings. The Morgan fingerprint density at radius 3 is 2.54 bits per heavy atom. The van der Waals surface area contributed by atoms with E-state index in [-0.39, 0.29) is 24.6 Å². The minimum Gasteiger partial charge on any atom is -0.476 e. The Hall–Kier alpha value is -4.41. The SMILES string of the molecule is O=C(/C=C/CNCCOc1ccc(/C(=C(/CC(F)(F)F)c2ccccc2)c2ccc3[nH]ccc3c2)cn1)NCCO. The summed E-state index contributed by atoms with van der Waals surface area (Å²) in [6.07, 6.45) is 0.845. The van der Waals surface area contributed by atoms with Gasteiger partial charge in [-0.25, -0.2) is 4.98 Å². The highest BCUT2D eigenvalue weighted by atomic mass is 19.4. The van der Waals surface area contributed by atoms with Gasteiger partial charge in [-0.2, -0.15) is 13.2 Å². The minimum absolute atomic E-state index is 0.118. The second-order valence-electron chi connectivity index (χ2n) is 9.15. The van der Waals surface area contributed by atoms with Gasteiger partial charge in [-0.05, 0) is 51.9 Å². The summed E-state index contributed by atoms with van der Waals surface area (Å²) in [7, 11) is 0. The van der Waals surface area contributed by atoms with E-state index in [4.69, 9.17) is 9.84 Å². The lowest BCUT2D eigenvalue weighted by atomic mass is 9.88. The monoisotopic (exact) mass is 564 g/mol. The molecule has 0 atom stereocenters. The predicted molar refractivity (Wildman–Crippen MR) is 153 cm³/mol. The van der Waals surface area contributed by atoms with E-state index in [0.717, 1.165) is 10.9 Å². The molecule has 0 aliphatic heterocycles. The number of aliphatic hydroxyl groups excluding tert-OH is 1. The molecule has 4 aromatic rings. The van der Waals surface area contributed by atoms with Crippen LogP contribution in [0, 0.1) is 0 Å². The number of aromatic nitrogens is 2. The number of carbonyl (C=O) groups excluding carboxylic acids is 1. The van der Waals surface area contributed by atoms with Gasteiger partial charge < -0.3 is 25.5 Å². The van der Waals surface area contributed by atoms with E-state index in [1.54, 1.807) is 54.7 Å². The molecule has 2 heterocycles. The average molecular weight is 565 g/mol. The van der Waals surface area contributed by atoms with Crippen LogP contribution in [0.4, 0.5) is 13.2 Å². The van der Waals surface area contributed by atoms with Crippen LogP contribution in [0.1, 0.15) is 23.1 Å². The molecule has 4 N–H and O–H groups in total. The maximum atomic E-state index is 13.9. The lowest BCUT2D eigenvalue weighted by molar-refractivity contribution is -0.123. The number of aromatic amines is 1. The molecule has 7 nitrogen and oxygen atoms in total. The van der Waals surface area contributed by atoms with E-state index >= 15 is 0 Å². The number of hydrogen-bond donors (Lipinski definition) is 4. The molecule has 41 heavy (non-hydrogen) atoms. The minimum atomic E-state index is -4.42. The molecule has 0 radical (unpaired) electrons. The number of allylic oxidation sites excluding steroid dienone is 1. The average Bonchev–Trinajstić information content (AvgIpc) is 3.44. The number of benzene rings is 2. The molecule has 0 saturated carbocycles. The molecule has 0 spiro atoms. The number of H-pyrrole nitrogens is 1. The Morgan fingerprint density at radius 1 is 1.00 bits per heavy atom. The van der Waals surface area contributed by atoms with Crippen molar-refractivity contribution in [1.82, 2.24) is 20.6 Å². The maximum absolute atomic E-state index is 13.9. The van der Waals surface area contributed by atoms with E-state index in [1.165, 1.54) is 12.3 Å². The topological polar surface area (TPSA) is 99.3 Å². The highest BCUT2D eigenvalue weighted by Gasteiger charge is 2.31. The molecule has 2 aromatic carbocycles. The summed E-state index contributed by atoms with van der Waals surface area (Å²) in [6, 6.07) is 19.4. The van der Waals surface area contributed by atoms with E-state index in [2.05, 4.69) is 20.6 Å². The standard InChI is InChI=1S/C31H31F3N4O3/c32-31(33,34)20-26(22-5-2-1-3-6-22)30(24-8-10-27-23(19-24)12-14-36-27)25-9-11-29(38-21-25)41-18-16-35-13-4-7-28(40)37-15-17-39/h1-12,14,19,21,35-36,39H,13,15-18,20H2,(H,37,40)/b7-4+,30-26-. The van der Waals surface area contributed by atoms with Gasteiger partial charge in [0.2, 0.25) is 11.8 Å². The van der Waals surface area contributed by atoms with Crippen molar-refractivity contribution < 1.29 is 27.8 Å². The number of alkyl halides is 3. The number of aliphatic hydroxyl groups is 1. The number of ether oxygens (including phenoxy) is 1. The smallest absolute Gasteiger partial charge is 0.393 e. The first-order chi connectivity index (χ1) is 19.8. The van der Waals surface area contributed by atoms with Gasteiger partial charge in [0.15, 0.2) is 0 Å². The van der Waals surface area contributed by atoms with Crippen LogP contribution in [0.2, 0.25) is 0 Å². The van der Waals surface area contributed by atoms with Crippen molar-refractivity contribution in [2.24, 2.45) is 0 Å². The van der Waals surface area contributed by atoms with Crippen molar-refractivity contribution in [1.29, 1.82) is 0 Å². The molecular weight excluding hydrogens is 533 g/mol. The molecule has 0 saturated heterocycles. The van der Waals surface area contributed by atoms with Crippen molar-refractivity contribution in [2.75, 3.05) is 32.8 Å². The largest absolute Gasteiger partial charge is 0.476 e. The van der Waals surface area contributed by atoms with E-state index in [1.807, 2.05) is 24.3 Å². The highest BCUT2D eigenvalue weighted by molar-refractivity contribution is 6.00. The zero-order chi connectivity index (χ0) is 29.1. The third-order valence-electron chi connectivity index (χ3n) is 6.14. The van der Waals surface area contributed by atoms with Gasteiger partial charge in [-0.15, -0.1) is 0 Å². The first kappa shape index (κ1) is 29.6. The lowest BCUT2D eigenvalue weighted by Crippen LogP contribution is -2.25. The van der Waals surface area contributed by atoms with Crippen LogP contribution in [-0.2, 0) is 4.79 Å². The Morgan fingerprint density at radius 2 is 1.80 bits per heavy atom. The molecule has 2 aromatic heterocycles. The number of nitrogens with one attached hydrogen (secondary N) is 3. The van der Waals surface area contributed by atoms with Crippen LogP contribution in [0.25, 0.3) is 22.0 Å². The molecule has 10 heteroatoms. The first-order valence-electron chi connectivity index (χ1n) is 13.1. The maximum Gasteiger partial charge on any atom is 0.393 e. The summed E-state index contributed by atoms with van der Waals surface area (Å²) in [5.41, 5.74) is 3.18. The Labute approximate surface area is 235 Å². The van der Waals surface area contributed by atoms with Gasteiger partial charge in [-0.3, -0.25) is 4.79 Å². The number of fused-ring (bicyclic) bond motifs is 1. The Bertz CT molecular complexity index is 1480. The van der Waals surface area contributed by atoms with Crippen LogP contribution in [0.5, 0.6) is 5.88 Å². The molecule has 0 fully saturated rings.